The van der Waals surface area contributed by atoms with E-state index in [1.165, 1.54) is 12.1 Å². The zero-order valence-electron chi connectivity index (χ0n) is 10.3. The molecule has 0 saturated carbocycles. The maximum absolute atomic E-state index is 12.0. The van der Waals surface area contributed by atoms with Crippen molar-refractivity contribution in [3.63, 3.8) is 0 Å². The van der Waals surface area contributed by atoms with Crippen molar-refractivity contribution in [3.05, 3.63) is 28.3 Å². The second-order valence-electron chi connectivity index (χ2n) is 4.45. The largest absolute Gasteiger partial charge is 0.508 e. The molecule has 7 heteroatoms. The summed E-state index contributed by atoms with van der Waals surface area (Å²) in [6, 6.07) is 3.33. The maximum Gasteiger partial charge on any atom is 0.296 e. The predicted molar refractivity (Wildman–Crippen MR) is 69.0 cm³/mol. The summed E-state index contributed by atoms with van der Waals surface area (Å²) >= 11 is 0. The number of carbonyl (C=O) groups is 1. The van der Waals surface area contributed by atoms with Crippen LogP contribution in [0.5, 0.6) is 5.75 Å². The van der Waals surface area contributed by atoms with E-state index in [9.17, 15) is 20.0 Å². The Morgan fingerprint density at radius 3 is 2.89 bits per heavy atom. The van der Waals surface area contributed by atoms with Crippen LogP contribution in [0.2, 0.25) is 0 Å². The molecule has 0 spiro atoms. The van der Waals surface area contributed by atoms with E-state index in [0.717, 1.165) is 31.9 Å². The third kappa shape index (κ3) is 3.19. The lowest BCUT2D eigenvalue weighted by Crippen LogP contribution is -2.43. The van der Waals surface area contributed by atoms with Gasteiger partial charge in [-0.25, -0.2) is 0 Å². The van der Waals surface area contributed by atoms with Crippen LogP contribution >= 0.6 is 0 Å². The number of hydrogen-bond donors (Lipinski definition) is 3. The van der Waals surface area contributed by atoms with Gasteiger partial charge < -0.3 is 15.7 Å². The minimum atomic E-state index is -0.635. The number of piperidine rings is 1. The third-order valence-electron chi connectivity index (χ3n) is 3.06. The Hall–Kier alpha value is -2.15. The molecule has 0 aliphatic carbocycles. The van der Waals surface area contributed by atoms with Gasteiger partial charge in [0.05, 0.1) is 17.0 Å². The van der Waals surface area contributed by atoms with Crippen molar-refractivity contribution in [2.75, 3.05) is 11.9 Å². The number of nitro groups is 1. The summed E-state index contributed by atoms with van der Waals surface area (Å²) in [5.41, 5.74) is -0.218. The Balaban J connectivity index is 2.13. The molecule has 1 unspecified atom stereocenters. The van der Waals surface area contributed by atoms with Gasteiger partial charge in [-0.1, -0.05) is 6.42 Å². The quantitative estimate of drug-likeness (QED) is 0.435. The standard InChI is InChI=1S/C12H15N3O4/c16-8-4-5-9(11(7-8)15(18)19)14-12(17)10-3-1-2-6-13-10/h4-5,7,10,13,16H,1-3,6H2,(H,14,17). The molecule has 1 aliphatic heterocycles. The summed E-state index contributed by atoms with van der Waals surface area (Å²) in [5.74, 6) is -0.492. The van der Waals surface area contributed by atoms with Crippen LogP contribution < -0.4 is 10.6 Å². The maximum atomic E-state index is 12.0. The van der Waals surface area contributed by atoms with Crippen molar-refractivity contribution in [1.29, 1.82) is 0 Å². The van der Waals surface area contributed by atoms with E-state index < -0.39 is 4.92 Å². The fraction of sp³-hybridized carbons (Fsp3) is 0.417. The van der Waals surface area contributed by atoms with Crippen LogP contribution in [0.1, 0.15) is 19.3 Å². The van der Waals surface area contributed by atoms with E-state index >= 15 is 0 Å². The van der Waals surface area contributed by atoms with Crippen molar-refractivity contribution in [2.45, 2.75) is 25.3 Å². The van der Waals surface area contributed by atoms with Crippen LogP contribution in [0, 0.1) is 10.1 Å². The first-order valence-corrected chi connectivity index (χ1v) is 6.09. The molecule has 0 aromatic heterocycles. The monoisotopic (exact) mass is 265 g/mol. The molecule has 1 saturated heterocycles. The molecule has 1 heterocycles. The lowest BCUT2D eigenvalue weighted by molar-refractivity contribution is -0.384. The Morgan fingerprint density at radius 1 is 1.47 bits per heavy atom. The van der Waals surface area contributed by atoms with Crippen LogP contribution in [0.3, 0.4) is 0 Å². The minimum Gasteiger partial charge on any atom is -0.508 e. The summed E-state index contributed by atoms with van der Waals surface area (Å²) < 4.78 is 0. The molecule has 0 radical (unpaired) electrons. The molecule has 1 aromatic carbocycles. The third-order valence-corrected chi connectivity index (χ3v) is 3.06. The number of amides is 1. The molecule has 2 rings (SSSR count). The smallest absolute Gasteiger partial charge is 0.296 e. The number of phenolic OH excluding ortho intramolecular Hbond substituents is 1. The molecular formula is C12H15N3O4. The number of phenols is 1. The number of aromatic hydroxyl groups is 1. The molecule has 1 amide bonds. The number of carbonyl (C=O) groups excluding carboxylic acids is 1. The Bertz CT molecular complexity index is 498. The van der Waals surface area contributed by atoms with E-state index in [4.69, 9.17) is 0 Å². The van der Waals surface area contributed by atoms with Crippen molar-refractivity contribution in [1.82, 2.24) is 5.32 Å². The summed E-state index contributed by atoms with van der Waals surface area (Å²) in [5, 5.41) is 25.7. The lowest BCUT2D eigenvalue weighted by Gasteiger charge is -2.22. The van der Waals surface area contributed by atoms with Gasteiger partial charge >= 0.3 is 0 Å². The van der Waals surface area contributed by atoms with Crippen molar-refractivity contribution >= 4 is 17.3 Å². The fourth-order valence-corrected chi connectivity index (χ4v) is 2.07. The van der Waals surface area contributed by atoms with Gasteiger partial charge in [0.15, 0.2) is 0 Å². The lowest BCUT2D eigenvalue weighted by atomic mass is 10.0. The normalized spacial score (nSPS) is 18.8. The highest BCUT2D eigenvalue weighted by atomic mass is 16.6. The number of hydrogen-bond acceptors (Lipinski definition) is 5. The Labute approximate surface area is 109 Å². The highest BCUT2D eigenvalue weighted by molar-refractivity contribution is 5.96. The van der Waals surface area contributed by atoms with E-state index in [1.807, 2.05) is 0 Å². The van der Waals surface area contributed by atoms with E-state index in [-0.39, 0.29) is 29.1 Å². The highest BCUT2D eigenvalue weighted by Crippen LogP contribution is 2.28. The van der Waals surface area contributed by atoms with Crippen molar-refractivity contribution in [2.24, 2.45) is 0 Å². The molecule has 1 aromatic rings. The van der Waals surface area contributed by atoms with E-state index in [0.29, 0.717) is 0 Å². The van der Waals surface area contributed by atoms with Gasteiger partial charge in [0.2, 0.25) is 5.91 Å². The SMILES string of the molecule is O=C(Nc1ccc(O)cc1[N+](=O)[O-])C1CCCCN1. The van der Waals surface area contributed by atoms with Crippen molar-refractivity contribution in [3.8, 4) is 5.75 Å². The van der Waals surface area contributed by atoms with Crippen molar-refractivity contribution < 1.29 is 14.8 Å². The molecule has 0 bridgehead atoms. The van der Waals surface area contributed by atoms with Gasteiger partial charge in [-0.3, -0.25) is 14.9 Å². The first kappa shape index (κ1) is 13.3. The van der Waals surface area contributed by atoms with Gasteiger partial charge in [-0.15, -0.1) is 0 Å². The summed E-state index contributed by atoms with van der Waals surface area (Å²) in [4.78, 5) is 22.2. The second kappa shape index (κ2) is 5.66. The summed E-state index contributed by atoms with van der Waals surface area (Å²) in [6.07, 6.45) is 2.71. The van der Waals surface area contributed by atoms with Crippen LogP contribution in [-0.4, -0.2) is 28.5 Å². The Morgan fingerprint density at radius 2 is 2.26 bits per heavy atom. The molecule has 3 N–H and O–H groups in total. The fourth-order valence-electron chi connectivity index (χ4n) is 2.07. The van der Waals surface area contributed by atoms with Gasteiger partial charge in [0, 0.05) is 0 Å². The molecule has 102 valence electrons. The number of rotatable bonds is 3. The number of nitro benzene ring substituents is 1. The van der Waals surface area contributed by atoms with Crippen LogP contribution in [-0.2, 0) is 4.79 Å². The van der Waals surface area contributed by atoms with Crippen LogP contribution in [0.15, 0.2) is 18.2 Å². The number of benzene rings is 1. The molecule has 1 fully saturated rings. The topological polar surface area (TPSA) is 104 Å². The Kier molecular flexibility index (Phi) is 3.96. The number of nitrogens with zero attached hydrogens (tertiary/aromatic N) is 1. The average Bonchev–Trinajstić information content (AvgIpc) is 2.41. The zero-order chi connectivity index (χ0) is 13.8. The molecular weight excluding hydrogens is 250 g/mol. The molecule has 1 atom stereocenters. The van der Waals surface area contributed by atoms with E-state index in [2.05, 4.69) is 10.6 Å². The summed E-state index contributed by atoms with van der Waals surface area (Å²) in [6.45, 7) is 0.774. The van der Waals surface area contributed by atoms with Crippen LogP contribution in [0.4, 0.5) is 11.4 Å². The average molecular weight is 265 g/mol. The predicted octanol–water partition coefficient (Wildman–Crippen LogP) is 1.38. The minimum absolute atomic E-state index is 0.0974. The van der Waals surface area contributed by atoms with Gasteiger partial charge in [-0.05, 0) is 31.5 Å². The number of anilines is 1. The first-order chi connectivity index (χ1) is 9.08. The van der Waals surface area contributed by atoms with E-state index in [1.54, 1.807) is 0 Å². The van der Waals surface area contributed by atoms with Crippen LogP contribution in [0.25, 0.3) is 0 Å². The molecule has 19 heavy (non-hydrogen) atoms. The first-order valence-electron chi connectivity index (χ1n) is 6.09. The van der Waals surface area contributed by atoms with Gasteiger partial charge in [0.25, 0.3) is 5.69 Å². The molecule has 1 aliphatic rings. The molecule has 7 nitrogen and oxygen atoms in total. The van der Waals surface area contributed by atoms with Gasteiger partial charge in [-0.2, -0.15) is 0 Å². The van der Waals surface area contributed by atoms with Gasteiger partial charge in [0.1, 0.15) is 11.4 Å². The number of nitrogens with one attached hydrogen (secondary N) is 2. The summed E-state index contributed by atoms with van der Waals surface area (Å²) in [7, 11) is 0. The zero-order valence-corrected chi connectivity index (χ0v) is 10.3. The second-order valence-corrected chi connectivity index (χ2v) is 4.45. The highest BCUT2D eigenvalue weighted by Gasteiger charge is 2.23.